The van der Waals surface area contributed by atoms with Gasteiger partial charge >= 0.3 is 5.97 Å². The number of aliphatic hydroxyl groups is 2. The third kappa shape index (κ3) is 3.16. The number of hydrogen-bond donors (Lipinski definition) is 3. The quantitative estimate of drug-likeness (QED) is 0.717. The zero-order valence-electron chi connectivity index (χ0n) is 9.11. The van der Waals surface area contributed by atoms with E-state index in [4.69, 9.17) is 16.7 Å². The third-order valence-corrected chi connectivity index (χ3v) is 2.62. The molecule has 0 amide bonds. The van der Waals surface area contributed by atoms with Gasteiger partial charge in [0.1, 0.15) is 17.7 Å². The number of hydrogen-bond acceptors (Lipinski definition) is 3. The summed E-state index contributed by atoms with van der Waals surface area (Å²) in [5, 5.41) is 27.6. The monoisotopic (exact) mass is 280 g/mol. The fourth-order valence-electron chi connectivity index (χ4n) is 1.43. The van der Waals surface area contributed by atoms with Gasteiger partial charge in [-0.15, -0.1) is 11.6 Å². The number of rotatable bonds is 5. The molecule has 0 spiro atoms. The summed E-state index contributed by atoms with van der Waals surface area (Å²) in [6.07, 6.45) is -3.03. The molecule has 1 rings (SSSR count). The van der Waals surface area contributed by atoms with Crippen LogP contribution < -0.4 is 0 Å². The Morgan fingerprint density at radius 1 is 1.28 bits per heavy atom. The van der Waals surface area contributed by atoms with E-state index >= 15 is 0 Å². The van der Waals surface area contributed by atoms with Crippen molar-refractivity contribution in [2.45, 2.75) is 18.6 Å². The van der Waals surface area contributed by atoms with E-state index in [1.165, 1.54) is 0 Å². The fraction of sp³-hybridized carbons (Fsp3) is 0.364. The minimum Gasteiger partial charge on any atom is -0.478 e. The van der Waals surface area contributed by atoms with Crippen LogP contribution in [0.3, 0.4) is 0 Å². The lowest BCUT2D eigenvalue weighted by atomic mass is 10.00. The molecule has 0 aliphatic carbocycles. The van der Waals surface area contributed by atoms with E-state index < -0.39 is 40.9 Å². The molecule has 0 radical (unpaired) electrons. The van der Waals surface area contributed by atoms with Gasteiger partial charge in [0.25, 0.3) is 0 Å². The lowest BCUT2D eigenvalue weighted by Crippen LogP contribution is -2.20. The summed E-state index contributed by atoms with van der Waals surface area (Å²) >= 11 is 5.35. The highest BCUT2D eigenvalue weighted by Gasteiger charge is 2.24. The Morgan fingerprint density at radius 3 is 2.39 bits per heavy atom. The highest BCUT2D eigenvalue weighted by Crippen LogP contribution is 2.25. The first kappa shape index (κ1) is 14.8. The molecule has 1 aromatic carbocycles. The van der Waals surface area contributed by atoms with Gasteiger partial charge in [0.15, 0.2) is 0 Å². The number of halogens is 3. The minimum absolute atomic E-state index is 0.00946. The molecule has 18 heavy (non-hydrogen) atoms. The molecule has 7 heteroatoms. The normalized spacial score (nSPS) is 14.3. The molecule has 3 N–H and O–H groups in total. The van der Waals surface area contributed by atoms with Gasteiger partial charge in [-0.3, -0.25) is 0 Å². The Morgan fingerprint density at radius 2 is 1.89 bits per heavy atom. The van der Waals surface area contributed by atoms with Crippen LogP contribution >= 0.6 is 11.6 Å². The summed E-state index contributed by atoms with van der Waals surface area (Å²) in [5.74, 6) is -3.87. The maximum atomic E-state index is 13.5. The van der Waals surface area contributed by atoms with Gasteiger partial charge in [0.05, 0.1) is 11.7 Å². The van der Waals surface area contributed by atoms with Crippen LogP contribution in [0.25, 0.3) is 0 Å². The summed E-state index contributed by atoms with van der Waals surface area (Å²) < 4.78 is 26.8. The molecule has 0 bridgehead atoms. The van der Waals surface area contributed by atoms with Crippen LogP contribution in [0.1, 0.15) is 28.4 Å². The smallest absolute Gasteiger partial charge is 0.338 e. The van der Waals surface area contributed by atoms with Crippen molar-refractivity contribution in [3.8, 4) is 0 Å². The zero-order valence-corrected chi connectivity index (χ0v) is 9.86. The van der Waals surface area contributed by atoms with Gasteiger partial charge in [-0.05, 0) is 18.6 Å². The number of aromatic carboxylic acids is 1. The van der Waals surface area contributed by atoms with Crippen molar-refractivity contribution in [2.75, 3.05) is 5.88 Å². The maximum absolute atomic E-state index is 13.5. The van der Waals surface area contributed by atoms with Crippen molar-refractivity contribution in [2.24, 2.45) is 0 Å². The van der Waals surface area contributed by atoms with Crippen LogP contribution in [0.4, 0.5) is 8.78 Å². The van der Waals surface area contributed by atoms with Crippen LogP contribution in [-0.4, -0.2) is 33.3 Å². The van der Waals surface area contributed by atoms with Crippen LogP contribution in [0.5, 0.6) is 0 Å². The summed E-state index contributed by atoms with van der Waals surface area (Å²) in [7, 11) is 0. The van der Waals surface area contributed by atoms with Gasteiger partial charge in [-0.1, -0.05) is 0 Å². The summed E-state index contributed by atoms with van der Waals surface area (Å²) in [6, 6.07) is 1.02. The largest absolute Gasteiger partial charge is 0.478 e. The number of carboxylic acid groups (broad SMARTS) is 1. The molecule has 2 unspecified atom stereocenters. The van der Waals surface area contributed by atoms with Crippen LogP contribution in [0.15, 0.2) is 12.1 Å². The Balaban J connectivity index is 3.11. The number of alkyl halides is 1. The van der Waals surface area contributed by atoms with Crippen molar-refractivity contribution >= 4 is 17.6 Å². The Bertz CT molecular complexity index is 453. The number of benzene rings is 1. The zero-order chi connectivity index (χ0) is 13.9. The Kier molecular flexibility index (Phi) is 5.01. The maximum Gasteiger partial charge on any atom is 0.338 e. The van der Waals surface area contributed by atoms with E-state index in [1.807, 2.05) is 0 Å². The summed E-state index contributed by atoms with van der Waals surface area (Å²) in [4.78, 5) is 10.6. The number of carboxylic acids is 1. The topological polar surface area (TPSA) is 77.8 Å². The van der Waals surface area contributed by atoms with Crippen molar-refractivity contribution in [3.05, 3.63) is 34.9 Å². The van der Waals surface area contributed by atoms with Crippen LogP contribution in [0, 0.1) is 11.6 Å². The van der Waals surface area contributed by atoms with E-state index in [0.717, 1.165) is 0 Å². The van der Waals surface area contributed by atoms with Gasteiger partial charge in [0.2, 0.25) is 0 Å². The van der Waals surface area contributed by atoms with Gasteiger partial charge in [0, 0.05) is 11.4 Å². The van der Waals surface area contributed by atoms with Crippen molar-refractivity contribution in [1.82, 2.24) is 0 Å². The average Bonchev–Trinajstić information content (AvgIpc) is 2.30. The van der Waals surface area contributed by atoms with Gasteiger partial charge in [-0.25, -0.2) is 13.6 Å². The molecule has 100 valence electrons. The molecular formula is C11H11ClF2O4. The van der Waals surface area contributed by atoms with E-state index in [0.29, 0.717) is 12.1 Å². The second kappa shape index (κ2) is 6.08. The first-order valence-electron chi connectivity index (χ1n) is 5.02. The van der Waals surface area contributed by atoms with E-state index in [-0.39, 0.29) is 12.3 Å². The lowest BCUT2D eigenvalue weighted by Gasteiger charge is -2.18. The molecule has 0 heterocycles. The van der Waals surface area contributed by atoms with E-state index in [1.54, 1.807) is 0 Å². The average molecular weight is 281 g/mol. The van der Waals surface area contributed by atoms with E-state index in [2.05, 4.69) is 0 Å². The molecular weight excluding hydrogens is 270 g/mol. The van der Waals surface area contributed by atoms with Crippen LogP contribution in [0.2, 0.25) is 0 Å². The second-order valence-electron chi connectivity index (χ2n) is 3.65. The highest BCUT2D eigenvalue weighted by atomic mass is 35.5. The summed E-state index contributed by atoms with van der Waals surface area (Å²) in [5.41, 5.74) is -1.34. The highest BCUT2D eigenvalue weighted by molar-refractivity contribution is 6.17. The molecule has 0 aliphatic heterocycles. The standard InChI is InChI=1S/C11H11ClF2O4/c12-2-1-9(15)10(16)5-3-8(14)6(11(17)18)4-7(5)13/h3-4,9-10,15-16H,1-2H2,(H,17,18). The third-order valence-electron chi connectivity index (χ3n) is 2.40. The number of aliphatic hydroxyl groups excluding tert-OH is 2. The molecule has 4 nitrogen and oxygen atoms in total. The van der Waals surface area contributed by atoms with Crippen molar-refractivity contribution in [1.29, 1.82) is 0 Å². The van der Waals surface area contributed by atoms with Crippen molar-refractivity contribution in [3.63, 3.8) is 0 Å². The van der Waals surface area contributed by atoms with Crippen molar-refractivity contribution < 1.29 is 28.9 Å². The minimum atomic E-state index is -1.67. The molecule has 0 fully saturated rings. The molecule has 0 saturated heterocycles. The molecule has 0 aliphatic rings. The molecule has 2 atom stereocenters. The lowest BCUT2D eigenvalue weighted by molar-refractivity contribution is 0.0147. The van der Waals surface area contributed by atoms with Gasteiger partial charge < -0.3 is 15.3 Å². The Labute approximate surface area is 106 Å². The second-order valence-corrected chi connectivity index (χ2v) is 4.03. The molecule has 1 aromatic rings. The van der Waals surface area contributed by atoms with Crippen LogP contribution in [-0.2, 0) is 0 Å². The molecule has 0 saturated carbocycles. The predicted octanol–water partition coefficient (Wildman–Crippen LogP) is 1.69. The first-order valence-corrected chi connectivity index (χ1v) is 5.56. The number of carbonyl (C=O) groups is 1. The predicted molar refractivity (Wildman–Crippen MR) is 59.6 cm³/mol. The van der Waals surface area contributed by atoms with Gasteiger partial charge in [-0.2, -0.15) is 0 Å². The molecule has 0 aromatic heterocycles. The first-order chi connectivity index (χ1) is 8.38. The van der Waals surface area contributed by atoms with E-state index in [9.17, 15) is 23.8 Å². The summed E-state index contributed by atoms with van der Waals surface area (Å²) in [6.45, 7) is 0. The Hall–Kier alpha value is -1.24. The SMILES string of the molecule is O=C(O)c1cc(F)c(C(O)C(O)CCCl)cc1F. The fourth-order valence-corrected chi connectivity index (χ4v) is 1.65.